The fourth-order valence-electron chi connectivity index (χ4n) is 2.21. The van der Waals surface area contributed by atoms with Crippen molar-refractivity contribution in [2.45, 2.75) is 12.5 Å². The van der Waals surface area contributed by atoms with Gasteiger partial charge in [-0.3, -0.25) is 4.99 Å². The number of guanidine groups is 1. The fourth-order valence-corrected chi connectivity index (χ4v) is 3.12. The molecule has 2 rings (SSSR count). The second-order valence-electron chi connectivity index (χ2n) is 4.42. The monoisotopic (exact) mass is 255 g/mol. The molecule has 0 aromatic heterocycles. The Bertz CT molecular complexity index is 289. The molecule has 0 aliphatic carbocycles. The summed E-state index contributed by atoms with van der Waals surface area (Å²) in [5, 5.41) is 0. The molecule has 5 heteroatoms. The van der Waals surface area contributed by atoms with E-state index in [2.05, 4.69) is 16.5 Å². The van der Waals surface area contributed by atoms with Gasteiger partial charge in [-0.2, -0.15) is 11.8 Å². The van der Waals surface area contributed by atoms with Gasteiger partial charge in [0.15, 0.2) is 5.96 Å². The maximum absolute atomic E-state index is 6.01. The maximum atomic E-state index is 6.01. The highest BCUT2D eigenvalue weighted by Gasteiger charge is 2.25. The lowest BCUT2D eigenvalue weighted by Crippen LogP contribution is -2.43. The van der Waals surface area contributed by atoms with Gasteiger partial charge in [0.2, 0.25) is 0 Å². The van der Waals surface area contributed by atoms with E-state index in [1.54, 1.807) is 0 Å². The SMILES string of the molecule is C=C[C@@H]1OCC[C@H]1CN=C(N)N1CCSCC1. The number of nitrogens with two attached hydrogens (primary N) is 1. The van der Waals surface area contributed by atoms with Crippen molar-refractivity contribution in [2.75, 3.05) is 37.7 Å². The van der Waals surface area contributed by atoms with E-state index in [9.17, 15) is 0 Å². The molecule has 2 N–H and O–H groups in total. The van der Waals surface area contributed by atoms with Gasteiger partial charge in [0, 0.05) is 43.7 Å². The Morgan fingerprint density at radius 3 is 3.00 bits per heavy atom. The number of thioether (sulfide) groups is 1. The van der Waals surface area contributed by atoms with Gasteiger partial charge in [0.1, 0.15) is 0 Å². The minimum Gasteiger partial charge on any atom is -0.374 e. The van der Waals surface area contributed by atoms with Crippen molar-refractivity contribution < 1.29 is 4.74 Å². The van der Waals surface area contributed by atoms with Crippen LogP contribution in [0.5, 0.6) is 0 Å². The number of hydrogen-bond acceptors (Lipinski definition) is 3. The number of rotatable bonds is 3. The largest absolute Gasteiger partial charge is 0.374 e. The van der Waals surface area contributed by atoms with Crippen molar-refractivity contribution in [2.24, 2.45) is 16.6 Å². The molecule has 0 spiro atoms. The predicted molar refractivity (Wildman–Crippen MR) is 73.4 cm³/mol. The van der Waals surface area contributed by atoms with Crippen molar-refractivity contribution >= 4 is 17.7 Å². The molecule has 2 heterocycles. The van der Waals surface area contributed by atoms with Crippen LogP contribution in [0.25, 0.3) is 0 Å². The number of nitrogens with zero attached hydrogens (tertiary/aromatic N) is 2. The first-order chi connectivity index (χ1) is 8.31. The molecule has 2 saturated heterocycles. The van der Waals surface area contributed by atoms with Gasteiger partial charge in [-0.05, 0) is 6.42 Å². The zero-order valence-corrected chi connectivity index (χ0v) is 11.0. The predicted octanol–water partition coefficient (Wildman–Crippen LogP) is 0.941. The molecule has 2 fully saturated rings. The molecule has 0 saturated carbocycles. The van der Waals surface area contributed by atoms with E-state index in [0.717, 1.165) is 44.2 Å². The molecule has 0 radical (unpaired) electrons. The van der Waals surface area contributed by atoms with Crippen molar-refractivity contribution in [1.29, 1.82) is 0 Å². The summed E-state index contributed by atoms with van der Waals surface area (Å²) in [4.78, 5) is 6.69. The van der Waals surface area contributed by atoms with Crippen LogP contribution in [0, 0.1) is 5.92 Å². The Hall–Kier alpha value is -0.680. The lowest BCUT2D eigenvalue weighted by atomic mass is 10.0. The molecule has 0 aromatic carbocycles. The normalized spacial score (nSPS) is 30.6. The van der Waals surface area contributed by atoms with Gasteiger partial charge in [0.25, 0.3) is 0 Å². The first-order valence-electron chi connectivity index (χ1n) is 6.18. The van der Waals surface area contributed by atoms with E-state index in [-0.39, 0.29) is 6.10 Å². The van der Waals surface area contributed by atoms with Gasteiger partial charge in [-0.25, -0.2) is 0 Å². The number of ether oxygens (including phenoxy) is 1. The van der Waals surface area contributed by atoms with Crippen molar-refractivity contribution in [3.05, 3.63) is 12.7 Å². The van der Waals surface area contributed by atoms with Crippen LogP contribution < -0.4 is 5.73 Å². The molecule has 0 bridgehead atoms. The summed E-state index contributed by atoms with van der Waals surface area (Å²) >= 11 is 1.98. The van der Waals surface area contributed by atoms with Crippen molar-refractivity contribution in [1.82, 2.24) is 4.90 Å². The van der Waals surface area contributed by atoms with E-state index >= 15 is 0 Å². The molecule has 2 aliphatic heterocycles. The highest BCUT2D eigenvalue weighted by atomic mass is 32.2. The van der Waals surface area contributed by atoms with Crippen LogP contribution in [0.15, 0.2) is 17.6 Å². The van der Waals surface area contributed by atoms with Crippen LogP contribution in [0.3, 0.4) is 0 Å². The molecule has 4 nitrogen and oxygen atoms in total. The summed E-state index contributed by atoms with van der Waals surface area (Å²) in [6, 6.07) is 0. The quantitative estimate of drug-likeness (QED) is 0.463. The topological polar surface area (TPSA) is 50.9 Å². The Morgan fingerprint density at radius 2 is 2.29 bits per heavy atom. The van der Waals surface area contributed by atoms with Crippen LogP contribution in [-0.4, -0.2) is 54.7 Å². The fraction of sp³-hybridized carbons (Fsp3) is 0.750. The first kappa shape index (κ1) is 12.8. The van der Waals surface area contributed by atoms with Gasteiger partial charge < -0.3 is 15.4 Å². The Morgan fingerprint density at radius 1 is 1.53 bits per heavy atom. The third-order valence-corrected chi connectivity index (χ3v) is 4.26. The standard InChI is InChI=1S/C12H21N3OS/c1-2-11-10(3-6-16-11)9-14-12(13)15-4-7-17-8-5-15/h2,10-11H,1,3-9H2,(H2,13,14)/t10-,11-/m0/s1. The number of hydrogen-bond donors (Lipinski definition) is 1. The van der Waals surface area contributed by atoms with Gasteiger partial charge in [-0.15, -0.1) is 6.58 Å². The molecule has 2 aliphatic rings. The van der Waals surface area contributed by atoms with Gasteiger partial charge in [0.05, 0.1) is 6.10 Å². The summed E-state index contributed by atoms with van der Waals surface area (Å²) in [5.74, 6) is 3.45. The lowest BCUT2D eigenvalue weighted by Gasteiger charge is -2.27. The van der Waals surface area contributed by atoms with Crippen molar-refractivity contribution in [3.8, 4) is 0 Å². The Balaban J connectivity index is 1.84. The summed E-state index contributed by atoms with van der Waals surface area (Å²) in [6.45, 7) is 7.40. The zero-order valence-electron chi connectivity index (χ0n) is 10.2. The molecule has 17 heavy (non-hydrogen) atoms. The van der Waals surface area contributed by atoms with Crippen molar-refractivity contribution in [3.63, 3.8) is 0 Å². The van der Waals surface area contributed by atoms with Crippen LogP contribution in [0.4, 0.5) is 0 Å². The van der Waals surface area contributed by atoms with E-state index in [0.29, 0.717) is 11.9 Å². The smallest absolute Gasteiger partial charge is 0.191 e. The average Bonchev–Trinajstić information content (AvgIpc) is 2.84. The van der Waals surface area contributed by atoms with Crippen LogP contribution >= 0.6 is 11.8 Å². The van der Waals surface area contributed by atoms with Crippen LogP contribution in [-0.2, 0) is 4.74 Å². The first-order valence-corrected chi connectivity index (χ1v) is 7.33. The second kappa shape index (κ2) is 6.31. The molecule has 0 amide bonds. The molecular formula is C12H21N3OS. The summed E-state index contributed by atoms with van der Waals surface area (Å²) in [7, 11) is 0. The van der Waals surface area contributed by atoms with Gasteiger partial charge in [-0.1, -0.05) is 6.08 Å². The third-order valence-electron chi connectivity index (χ3n) is 3.32. The average molecular weight is 255 g/mol. The summed E-state index contributed by atoms with van der Waals surface area (Å²) in [5.41, 5.74) is 6.01. The summed E-state index contributed by atoms with van der Waals surface area (Å²) in [6.07, 6.45) is 3.09. The maximum Gasteiger partial charge on any atom is 0.191 e. The Labute approximate surface area is 107 Å². The number of aliphatic imine (C=N–C) groups is 1. The van der Waals surface area contributed by atoms with Crippen LogP contribution in [0.2, 0.25) is 0 Å². The molecule has 0 unspecified atom stereocenters. The molecule has 0 aromatic rings. The van der Waals surface area contributed by atoms with E-state index in [1.807, 2.05) is 17.8 Å². The van der Waals surface area contributed by atoms with Gasteiger partial charge >= 0.3 is 0 Å². The third kappa shape index (κ3) is 3.39. The van der Waals surface area contributed by atoms with E-state index in [4.69, 9.17) is 10.5 Å². The molecule has 96 valence electrons. The highest BCUT2D eigenvalue weighted by Crippen LogP contribution is 2.21. The second-order valence-corrected chi connectivity index (χ2v) is 5.64. The van der Waals surface area contributed by atoms with E-state index < -0.39 is 0 Å². The van der Waals surface area contributed by atoms with E-state index in [1.165, 1.54) is 0 Å². The minimum atomic E-state index is 0.156. The summed E-state index contributed by atoms with van der Waals surface area (Å²) < 4.78 is 5.55. The molecule has 2 atom stereocenters. The molecular weight excluding hydrogens is 234 g/mol. The van der Waals surface area contributed by atoms with Crippen LogP contribution in [0.1, 0.15) is 6.42 Å². The zero-order chi connectivity index (χ0) is 12.1. The lowest BCUT2D eigenvalue weighted by molar-refractivity contribution is 0.129. The highest BCUT2D eigenvalue weighted by molar-refractivity contribution is 7.99. The minimum absolute atomic E-state index is 0.156. The Kier molecular flexibility index (Phi) is 4.74.